The average molecular weight is 289 g/mol. The molecule has 20 heavy (non-hydrogen) atoms. The predicted octanol–water partition coefficient (Wildman–Crippen LogP) is 4.50. The number of hydrogen-bond donors (Lipinski definition) is 1. The third kappa shape index (κ3) is 3.20. The highest BCUT2D eigenvalue weighted by Gasteiger charge is 2.22. The van der Waals surface area contributed by atoms with Crippen molar-refractivity contribution in [3.63, 3.8) is 0 Å². The molecule has 0 amide bonds. The van der Waals surface area contributed by atoms with Gasteiger partial charge in [-0.05, 0) is 42.8 Å². The Hall–Kier alpha value is -1.38. The molecule has 0 fully saturated rings. The summed E-state index contributed by atoms with van der Waals surface area (Å²) in [6.07, 6.45) is 1.85. The summed E-state index contributed by atoms with van der Waals surface area (Å²) < 4.78 is 0. The van der Waals surface area contributed by atoms with E-state index in [0.29, 0.717) is 0 Å². The number of pyridine rings is 1. The van der Waals surface area contributed by atoms with Crippen molar-refractivity contribution in [3.8, 4) is 0 Å². The molecule has 3 heteroatoms. The van der Waals surface area contributed by atoms with Gasteiger partial charge in [0.2, 0.25) is 0 Å². The maximum Gasteiger partial charge on any atom is 0.0450 e. The molecule has 0 aliphatic carbocycles. The molecule has 0 aliphatic rings. The minimum absolute atomic E-state index is 0.216. The monoisotopic (exact) mass is 288 g/mol. The molecule has 2 unspecified atom stereocenters. The fourth-order valence-electron chi connectivity index (χ4n) is 2.55. The first-order valence-corrected chi connectivity index (χ1v) is 7.42. The van der Waals surface area contributed by atoms with E-state index >= 15 is 0 Å². The van der Waals surface area contributed by atoms with Crippen molar-refractivity contribution in [2.75, 3.05) is 6.54 Å². The maximum atomic E-state index is 6.27. The normalized spacial score (nSPS) is 14.0. The number of aromatic nitrogens is 1. The van der Waals surface area contributed by atoms with E-state index < -0.39 is 0 Å². The van der Waals surface area contributed by atoms with Crippen molar-refractivity contribution in [1.29, 1.82) is 0 Å². The van der Waals surface area contributed by atoms with Gasteiger partial charge in [-0.2, -0.15) is 0 Å². The van der Waals surface area contributed by atoms with Gasteiger partial charge < -0.3 is 5.32 Å². The lowest BCUT2D eigenvalue weighted by Crippen LogP contribution is -2.27. The average Bonchev–Trinajstić information content (AvgIpc) is 2.48. The van der Waals surface area contributed by atoms with Crippen LogP contribution >= 0.6 is 11.6 Å². The van der Waals surface area contributed by atoms with Crippen LogP contribution in [0.3, 0.4) is 0 Å². The molecule has 0 spiro atoms. The Bertz CT molecular complexity index is 554. The Morgan fingerprint density at radius 3 is 2.65 bits per heavy atom. The van der Waals surface area contributed by atoms with Crippen molar-refractivity contribution < 1.29 is 0 Å². The quantitative estimate of drug-likeness (QED) is 0.876. The molecule has 1 aromatic heterocycles. The zero-order valence-electron chi connectivity index (χ0n) is 12.2. The topological polar surface area (TPSA) is 24.9 Å². The van der Waals surface area contributed by atoms with Crippen molar-refractivity contribution in [3.05, 3.63) is 64.4 Å². The Labute approximate surface area is 126 Å². The van der Waals surface area contributed by atoms with Gasteiger partial charge in [0.1, 0.15) is 0 Å². The van der Waals surface area contributed by atoms with Gasteiger partial charge >= 0.3 is 0 Å². The van der Waals surface area contributed by atoms with Crippen LogP contribution in [0.1, 0.15) is 42.6 Å². The summed E-state index contributed by atoms with van der Waals surface area (Å²) in [5, 5.41) is 4.38. The smallest absolute Gasteiger partial charge is 0.0450 e. The SMILES string of the molecule is CCNC(c1cccc(Cl)c1C)C(C)c1ccccn1. The molecule has 2 atom stereocenters. The van der Waals surface area contributed by atoms with Crippen LogP contribution < -0.4 is 5.32 Å². The number of nitrogens with one attached hydrogen (secondary N) is 1. The molecule has 0 saturated carbocycles. The van der Waals surface area contributed by atoms with Crippen LogP contribution in [0, 0.1) is 6.92 Å². The predicted molar refractivity (Wildman–Crippen MR) is 85.3 cm³/mol. The lowest BCUT2D eigenvalue weighted by molar-refractivity contribution is 0.470. The summed E-state index contributed by atoms with van der Waals surface area (Å²) in [6, 6.07) is 12.4. The van der Waals surface area contributed by atoms with E-state index in [1.807, 2.05) is 30.5 Å². The standard InChI is InChI=1S/C17H21ClN2/c1-4-19-17(13(3)16-10-5-6-11-20-16)14-8-7-9-15(18)12(14)2/h5-11,13,17,19H,4H2,1-3H3. The second kappa shape index (κ2) is 6.87. The van der Waals surface area contributed by atoms with Crippen LogP contribution in [0.25, 0.3) is 0 Å². The Kier molecular flexibility index (Phi) is 5.16. The highest BCUT2D eigenvalue weighted by atomic mass is 35.5. The summed E-state index contributed by atoms with van der Waals surface area (Å²) in [7, 11) is 0. The molecule has 0 saturated heterocycles. The Morgan fingerprint density at radius 2 is 2.00 bits per heavy atom. The van der Waals surface area contributed by atoms with E-state index in [1.54, 1.807) is 0 Å². The van der Waals surface area contributed by atoms with Gasteiger partial charge in [0.25, 0.3) is 0 Å². The third-order valence-electron chi connectivity index (χ3n) is 3.72. The van der Waals surface area contributed by atoms with Crippen LogP contribution in [0.5, 0.6) is 0 Å². The lowest BCUT2D eigenvalue weighted by Gasteiger charge is -2.26. The third-order valence-corrected chi connectivity index (χ3v) is 4.13. The van der Waals surface area contributed by atoms with Crippen molar-refractivity contribution in [2.24, 2.45) is 0 Å². The molecular weight excluding hydrogens is 268 g/mol. The van der Waals surface area contributed by atoms with Crippen LogP contribution in [-0.4, -0.2) is 11.5 Å². The molecule has 1 N–H and O–H groups in total. The van der Waals surface area contributed by atoms with Gasteiger partial charge in [-0.1, -0.05) is 43.6 Å². The van der Waals surface area contributed by atoms with Crippen LogP contribution in [0.15, 0.2) is 42.6 Å². The summed E-state index contributed by atoms with van der Waals surface area (Å²) in [5.41, 5.74) is 3.48. The van der Waals surface area contributed by atoms with Gasteiger partial charge in [-0.25, -0.2) is 0 Å². The number of nitrogens with zero attached hydrogens (tertiary/aromatic N) is 1. The zero-order chi connectivity index (χ0) is 14.5. The van der Waals surface area contributed by atoms with E-state index in [9.17, 15) is 0 Å². The molecule has 1 aromatic carbocycles. The summed E-state index contributed by atoms with van der Waals surface area (Å²) >= 11 is 6.27. The minimum atomic E-state index is 0.216. The fraction of sp³-hybridized carbons (Fsp3) is 0.353. The van der Waals surface area contributed by atoms with Gasteiger partial charge in [-0.15, -0.1) is 0 Å². The van der Waals surface area contributed by atoms with Crippen molar-refractivity contribution in [2.45, 2.75) is 32.7 Å². The minimum Gasteiger partial charge on any atom is -0.310 e. The molecule has 0 bridgehead atoms. The largest absolute Gasteiger partial charge is 0.310 e. The second-order valence-electron chi connectivity index (χ2n) is 5.03. The number of likely N-dealkylation sites (N-methyl/N-ethyl adjacent to an activating group) is 1. The highest BCUT2D eigenvalue weighted by molar-refractivity contribution is 6.31. The molecule has 2 aromatic rings. The number of hydrogen-bond acceptors (Lipinski definition) is 2. The maximum absolute atomic E-state index is 6.27. The molecular formula is C17H21ClN2. The summed E-state index contributed by atoms with van der Waals surface area (Å²) in [6.45, 7) is 7.31. The Balaban J connectivity index is 2.38. The van der Waals surface area contributed by atoms with E-state index in [0.717, 1.165) is 22.8 Å². The second-order valence-corrected chi connectivity index (χ2v) is 5.44. The summed E-state index contributed by atoms with van der Waals surface area (Å²) in [5.74, 6) is 0.285. The Morgan fingerprint density at radius 1 is 1.20 bits per heavy atom. The number of halogens is 1. The van der Waals surface area contributed by atoms with Gasteiger partial charge in [-0.3, -0.25) is 4.98 Å². The van der Waals surface area contributed by atoms with Gasteiger partial charge in [0, 0.05) is 28.9 Å². The van der Waals surface area contributed by atoms with E-state index in [1.165, 1.54) is 5.56 Å². The first-order chi connectivity index (χ1) is 9.65. The molecule has 0 radical (unpaired) electrons. The molecule has 2 rings (SSSR count). The van der Waals surface area contributed by atoms with Crippen LogP contribution in [-0.2, 0) is 0 Å². The fourth-order valence-corrected chi connectivity index (χ4v) is 2.73. The summed E-state index contributed by atoms with van der Waals surface area (Å²) in [4.78, 5) is 4.49. The molecule has 106 valence electrons. The van der Waals surface area contributed by atoms with Crippen LogP contribution in [0.4, 0.5) is 0 Å². The van der Waals surface area contributed by atoms with Gasteiger partial charge in [0.15, 0.2) is 0 Å². The van der Waals surface area contributed by atoms with Gasteiger partial charge in [0.05, 0.1) is 0 Å². The molecule has 0 aliphatic heterocycles. The highest BCUT2D eigenvalue weighted by Crippen LogP contribution is 2.33. The van der Waals surface area contributed by atoms with E-state index in [2.05, 4.69) is 43.2 Å². The van der Waals surface area contributed by atoms with Crippen molar-refractivity contribution >= 4 is 11.6 Å². The van der Waals surface area contributed by atoms with E-state index in [4.69, 9.17) is 11.6 Å². The van der Waals surface area contributed by atoms with E-state index in [-0.39, 0.29) is 12.0 Å². The first kappa shape index (κ1) is 15.0. The molecule has 1 heterocycles. The molecule has 2 nitrogen and oxygen atoms in total. The first-order valence-electron chi connectivity index (χ1n) is 7.04. The number of rotatable bonds is 5. The van der Waals surface area contributed by atoms with Crippen molar-refractivity contribution in [1.82, 2.24) is 10.3 Å². The number of benzene rings is 1. The van der Waals surface area contributed by atoms with Crippen LogP contribution in [0.2, 0.25) is 5.02 Å². The lowest BCUT2D eigenvalue weighted by atomic mass is 9.89. The zero-order valence-corrected chi connectivity index (χ0v) is 13.0.